The molecule has 0 saturated carbocycles. The van der Waals surface area contributed by atoms with Crippen LogP contribution in [0, 0.1) is 6.92 Å². The highest BCUT2D eigenvalue weighted by Crippen LogP contribution is 1.98. The Morgan fingerprint density at radius 2 is 2.17 bits per heavy atom. The minimum Gasteiger partial charge on any atom is -0.389 e. The summed E-state index contributed by atoms with van der Waals surface area (Å²) in [5.74, 6) is 0. The Labute approximate surface area is 71.7 Å². The van der Waals surface area contributed by atoms with Gasteiger partial charge in [0.2, 0.25) is 0 Å². The summed E-state index contributed by atoms with van der Waals surface area (Å²) in [4.78, 5) is 0. The molecule has 0 fully saturated rings. The molecule has 0 radical (unpaired) electrons. The Morgan fingerprint density at radius 3 is 3.00 bits per heavy atom. The zero-order valence-electron chi connectivity index (χ0n) is 7.12. The Kier molecular flexibility index (Phi) is 1.74. The van der Waals surface area contributed by atoms with Crippen LogP contribution >= 0.6 is 0 Å². The van der Waals surface area contributed by atoms with Crippen molar-refractivity contribution < 1.29 is 5.11 Å². The van der Waals surface area contributed by atoms with Crippen LogP contribution < -0.4 is 10.4 Å². The number of hydrogen-bond acceptors (Lipinski definition) is 1. The molecule has 1 nitrogen and oxygen atoms in total. The van der Waals surface area contributed by atoms with Crippen molar-refractivity contribution in [1.82, 2.24) is 0 Å². The van der Waals surface area contributed by atoms with E-state index in [0.717, 1.165) is 11.6 Å². The summed E-state index contributed by atoms with van der Waals surface area (Å²) < 4.78 is 0. The van der Waals surface area contributed by atoms with E-state index in [1.165, 1.54) is 10.8 Å². The fraction of sp³-hybridized carbons (Fsp3) is 0.273. The lowest BCUT2D eigenvalue weighted by Gasteiger charge is -2.06. The van der Waals surface area contributed by atoms with E-state index in [0.29, 0.717) is 0 Å². The highest BCUT2D eigenvalue weighted by atomic mass is 16.3. The molecule has 1 unspecified atom stereocenters. The minimum atomic E-state index is -0.291. The SMILES string of the molecule is Cc1ccc2c(c1)=CCC(O)C=2. The van der Waals surface area contributed by atoms with E-state index in [-0.39, 0.29) is 6.10 Å². The molecule has 1 aliphatic carbocycles. The van der Waals surface area contributed by atoms with Gasteiger partial charge in [0, 0.05) is 0 Å². The number of hydrogen-bond donors (Lipinski definition) is 1. The number of benzene rings is 1. The minimum absolute atomic E-state index is 0.291. The molecule has 0 heterocycles. The van der Waals surface area contributed by atoms with Crippen molar-refractivity contribution in [2.75, 3.05) is 0 Å². The van der Waals surface area contributed by atoms with Crippen LogP contribution in [0.5, 0.6) is 0 Å². The van der Waals surface area contributed by atoms with Gasteiger partial charge in [0.05, 0.1) is 6.10 Å². The Morgan fingerprint density at radius 1 is 1.33 bits per heavy atom. The average molecular weight is 160 g/mol. The van der Waals surface area contributed by atoms with Gasteiger partial charge in [-0.3, -0.25) is 0 Å². The van der Waals surface area contributed by atoms with E-state index in [2.05, 4.69) is 31.2 Å². The molecule has 0 amide bonds. The van der Waals surface area contributed by atoms with Gasteiger partial charge in [-0.1, -0.05) is 29.8 Å². The number of aliphatic hydroxyl groups is 1. The van der Waals surface area contributed by atoms with E-state index in [1.807, 2.05) is 6.08 Å². The van der Waals surface area contributed by atoms with Crippen molar-refractivity contribution in [3.05, 3.63) is 34.2 Å². The monoisotopic (exact) mass is 160 g/mol. The number of rotatable bonds is 0. The first-order chi connectivity index (χ1) is 5.75. The molecule has 1 aromatic rings. The standard InChI is InChI=1S/C11H12O/c1-8-2-3-10-7-11(12)5-4-9(10)6-8/h2-4,6-7,11-12H,5H2,1H3. The molecule has 1 aromatic carbocycles. The molecule has 2 rings (SSSR count). The summed E-state index contributed by atoms with van der Waals surface area (Å²) in [7, 11) is 0. The summed E-state index contributed by atoms with van der Waals surface area (Å²) in [6.07, 6.45) is 4.46. The van der Waals surface area contributed by atoms with Crippen LogP contribution in [0.4, 0.5) is 0 Å². The van der Waals surface area contributed by atoms with Gasteiger partial charge in [0.1, 0.15) is 0 Å². The summed E-state index contributed by atoms with van der Waals surface area (Å²) in [5, 5.41) is 11.7. The summed E-state index contributed by atoms with van der Waals surface area (Å²) in [5.41, 5.74) is 1.27. The maximum atomic E-state index is 9.34. The van der Waals surface area contributed by atoms with Gasteiger partial charge in [-0.15, -0.1) is 0 Å². The molecule has 0 bridgehead atoms. The van der Waals surface area contributed by atoms with Gasteiger partial charge in [0.25, 0.3) is 0 Å². The first-order valence-corrected chi connectivity index (χ1v) is 4.22. The van der Waals surface area contributed by atoms with Gasteiger partial charge < -0.3 is 5.11 Å². The third-order valence-corrected chi connectivity index (χ3v) is 2.19. The summed E-state index contributed by atoms with van der Waals surface area (Å²) in [6.45, 7) is 2.08. The molecule has 1 heteroatoms. The maximum absolute atomic E-state index is 9.34. The molecule has 1 N–H and O–H groups in total. The third kappa shape index (κ3) is 1.28. The topological polar surface area (TPSA) is 20.2 Å². The van der Waals surface area contributed by atoms with Crippen molar-refractivity contribution in [3.8, 4) is 0 Å². The van der Waals surface area contributed by atoms with E-state index in [1.54, 1.807) is 0 Å². The smallest absolute Gasteiger partial charge is 0.0764 e. The van der Waals surface area contributed by atoms with E-state index >= 15 is 0 Å². The van der Waals surface area contributed by atoms with Crippen molar-refractivity contribution in [2.45, 2.75) is 19.4 Å². The van der Waals surface area contributed by atoms with E-state index < -0.39 is 0 Å². The lowest BCUT2D eigenvalue weighted by atomic mass is 10.0. The van der Waals surface area contributed by atoms with Crippen LogP contribution in [0.2, 0.25) is 0 Å². The van der Waals surface area contributed by atoms with Crippen LogP contribution in [0.3, 0.4) is 0 Å². The van der Waals surface area contributed by atoms with Crippen molar-refractivity contribution >= 4 is 12.2 Å². The van der Waals surface area contributed by atoms with Gasteiger partial charge in [-0.2, -0.15) is 0 Å². The third-order valence-electron chi connectivity index (χ3n) is 2.19. The Balaban J connectivity index is 2.71. The Bertz CT molecular complexity index is 404. The van der Waals surface area contributed by atoms with Gasteiger partial charge in [-0.05, 0) is 29.9 Å². The predicted molar refractivity (Wildman–Crippen MR) is 50.0 cm³/mol. The molecule has 0 saturated heterocycles. The Hall–Kier alpha value is -1.08. The molecular formula is C11H12O. The van der Waals surface area contributed by atoms with E-state index in [9.17, 15) is 5.11 Å². The highest BCUT2D eigenvalue weighted by molar-refractivity contribution is 5.42. The molecule has 0 spiro atoms. The summed E-state index contributed by atoms with van der Waals surface area (Å²) in [6, 6.07) is 6.28. The quantitative estimate of drug-likeness (QED) is 0.579. The van der Waals surface area contributed by atoms with Crippen molar-refractivity contribution in [2.24, 2.45) is 0 Å². The maximum Gasteiger partial charge on any atom is 0.0764 e. The normalized spacial score (nSPS) is 20.7. The zero-order valence-corrected chi connectivity index (χ0v) is 7.12. The van der Waals surface area contributed by atoms with Gasteiger partial charge >= 0.3 is 0 Å². The van der Waals surface area contributed by atoms with Crippen LogP contribution in [-0.4, -0.2) is 11.2 Å². The lowest BCUT2D eigenvalue weighted by Crippen LogP contribution is -2.30. The second-order valence-corrected chi connectivity index (χ2v) is 3.31. The van der Waals surface area contributed by atoms with Gasteiger partial charge in [-0.25, -0.2) is 0 Å². The summed E-state index contributed by atoms with van der Waals surface area (Å²) >= 11 is 0. The predicted octanol–water partition coefficient (Wildman–Crippen LogP) is 0.321. The largest absolute Gasteiger partial charge is 0.389 e. The second-order valence-electron chi connectivity index (χ2n) is 3.31. The van der Waals surface area contributed by atoms with Crippen LogP contribution in [0.15, 0.2) is 18.2 Å². The first-order valence-electron chi connectivity index (χ1n) is 4.22. The number of fused-ring (bicyclic) bond motifs is 1. The highest BCUT2D eigenvalue weighted by Gasteiger charge is 2.01. The zero-order chi connectivity index (χ0) is 8.55. The first kappa shape index (κ1) is 7.56. The van der Waals surface area contributed by atoms with Gasteiger partial charge in [0.15, 0.2) is 0 Å². The lowest BCUT2D eigenvalue weighted by molar-refractivity contribution is 0.244. The second kappa shape index (κ2) is 2.76. The van der Waals surface area contributed by atoms with E-state index in [4.69, 9.17) is 0 Å². The average Bonchev–Trinajstić information content (AvgIpc) is 2.05. The molecule has 62 valence electrons. The fourth-order valence-corrected chi connectivity index (χ4v) is 1.55. The number of aliphatic hydroxyl groups excluding tert-OH is 1. The van der Waals surface area contributed by atoms with Crippen LogP contribution in [0.1, 0.15) is 12.0 Å². The fourth-order valence-electron chi connectivity index (χ4n) is 1.55. The molecule has 0 aromatic heterocycles. The number of aryl methyl sites for hydroxylation is 1. The molecule has 1 aliphatic rings. The molecular weight excluding hydrogens is 148 g/mol. The molecule has 12 heavy (non-hydrogen) atoms. The van der Waals surface area contributed by atoms with Crippen LogP contribution in [0.25, 0.3) is 12.2 Å². The molecule has 0 aliphatic heterocycles. The van der Waals surface area contributed by atoms with Crippen molar-refractivity contribution in [1.29, 1.82) is 0 Å². The van der Waals surface area contributed by atoms with Crippen molar-refractivity contribution in [3.63, 3.8) is 0 Å². The van der Waals surface area contributed by atoms with Crippen LogP contribution in [-0.2, 0) is 0 Å². The molecule has 1 atom stereocenters.